The van der Waals surface area contributed by atoms with Gasteiger partial charge in [0.15, 0.2) is 0 Å². The lowest BCUT2D eigenvalue weighted by molar-refractivity contribution is -0.124. The molecule has 1 rings (SSSR count). The first-order valence-electron chi connectivity index (χ1n) is 7.68. The van der Waals surface area contributed by atoms with Crippen molar-refractivity contribution in [3.8, 4) is 0 Å². The molecule has 0 radical (unpaired) electrons. The van der Waals surface area contributed by atoms with Gasteiger partial charge >= 0.3 is 0 Å². The number of nitrogens with one attached hydrogen (secondary N) is 1. The first kappa shape index (κ1) is 17.4. The first-order valence-corrected chi connectivity index (χ1v) is 7.68. The third-order valence-corrected chi connectivity index (χ3v) is 4.46. The fourth-order valence-electron chi connectivity index (χ4n) is 2.35. The Morgan fingerprint density at radius 2 is 1.70 bits per heavy atom. The Bertz CT molecular complexity index is 320. The SMILES string of the molecule is CCC(C)(C)NC(=O)CN1CCN(C(C)(C)CN)CC1. The van der Waals surface area contributed by atoms with Gasteiger partial charge in [0.05, 0.1) is 6.54 Å². The molecule has 0 spiro atoms. The van der Waals surface area contributed by atoms with E-state index in [1.165, 1.54) is 0 Å². The Hall–Kier alpha value is -0.650. The van der Waals surface area contributed by atoms with E-state index >= 15 is 0 Å². The van der Waals surface area contributed by atoms with Crippen molar-refractivity contribution in [2.75, 3.05) is 39.3 Å². The van der Waals surface area contributed by atoms with Crippen molar-refractivity contribution in [1.82, 2.24) is 15.1 Å². The Morgan fingerprint density at radius 1 is 1.15 bits per heavy atom. The van der Waals surface area contributed by atoms with Gasteiger partial charge in [0.1, 0.15) is 0 Å². The van der Waals surface area contributed by atoms with E-state index < -0.39 is 0 Å². The monoisotopic (exact) mass is 284 g/mol. The van der Waals surface area contributed by atoms with Crippen molar-refractivity contribution < 1.29 is 4.79 Å². The van der Waals surface area contributed by atoms with E-state index in [9.17, 15) is 4.79 Å². The van der Waals surface area contributed by atoms with Crippen LogP contribution in [-0.2, 0) is 4.79 Å². The van der Waals surface area contributed by atoms with Crippen LogP contribution >= 0.6 is 0 Å². The summed E-state index contributed by atoms with van der Waals surface area (Å²) >= 11 is 0. The second-order valence-electron chi connectivity index (χ2n) is 7.07. The molecule has 0 aromatic heterocycles. The molecule has 5 heteroatoms. The minimum atomic E-state index is -0.111. The predicted octanol–water partition coefficient (Wildman–Crippen LogP) is 0.646. The zero-order chi connectivity index (χ0) is 15.4. The summed E-state index contributed by atoms with van der Waals surface area (Å²) in [5.41, 5.74) is 5.76. The van der Waals surface area contributed by atoms with Gasteiger partial charge in [0.25, 0.3) is 0 Å². The average Bonchev–Trinajstić information content (AvgIpc) is 2.38. The van der Waals surface area contributed by atoms with Gasteiger partial charge in [-0.3, -0.25) is 14.6 Å². The number of nitrogens with two attached hydrogens (primary N) is 1. The molecule has 118 valence electrons. The zero-order valence-corrected chi connectivity index (χ0v) is 13.8. The molecule has 3 N–H and O–H groups in total. The molecule has 1 saturated heterocycles. The fourth-order valence-corrected chi connectivity index (χ4v) is 2.35. The number of carbonyl (C=O) groups is 1. The van der Waals surface area contributed by atoms with E-state index in [0.717, 1.165) is 32.6 Å². The highest BCUT2D eigenvalue weighted by Crippen LogP contribution is 2.15. The molecule has 0 atom stereocenters. The van der Waals surface area contributed by atoms with Gasteiger partial charge in [-0.2, -0.15) is 0 Å². The number of amides is 1. The fraction of sp³-hybridized carbons (Fsp3) is 0.933. The molecule has 1 amide bonds. The maximum atomic E-state index is 12.0. The third-order valence-electron chi connectivity index (χ3n) is 4.46. The van der Waals surface area contributed by atoms with Gasteiger partial charge in [-0.05, 0) is 34.1 Å². The minimum Gasteiger partial charge on any atom is -0.350 e. The van der Waals surface area contributed by atoms with Crippen LogP contribution in [0.25, 0.3) is 0 Å². The molecule has 0 aliphatic carbocycles. The van der Waals surface area contributed by atoms with E-state index in [1.54, 1.807) is 0 Å². The smallest absolute Gasteiger partial charge is 0.234 e. The van der Waals surface area contributed by atoms with Gasteiger partial charge < -0.3 is 11.1 Å². The van der Waals surface area contributed by atoms with Crippen LogP contribution in [0.4, 0.5) is 0 Å². The van der Waals surface area contributed by atoms with Gasteiger partial charge in [0.2, 0.25) is 5.91 Å². The van der Waals surface area contributed by atoms with Crippen LogP contribution in [0.15, 0.2) is 0 Å². The maximum Gasteiger partial charge on any atom is 0.234 e. The van der Waals surface area contributed by atoms with E-state index in [4.69, 9.17) is 5.73 Å². The summed E-state index contributed by atoms with van der Waals surface area (Å²) in [7, 11) is 0. The highest BCUT2D eigenvalue weighted by atomic mass is 16.2. The molecule has 1 fully saturated rings. The topological polar surface area (TPSA) is 61.6 Å². The Labute approximate surface area is 123 Å². The molecule has 5 nitrogen and oxygen atoms in total. The highest BCUT2D eigenvalue weighted by molar-refractivity contribution is 5.78. The van der Waals surface area contributed by atoms with Gasteiger partial charge in [-0.25, -0.2) is 0 Å². The number of rotatable bonds is 6. The molecule has 0 aromatic carbocycles. The Morgan fingerprint density at radius 3 is 2.15 bits per heavy atom. The lowest BCUT2D eigenvalue weighted by Crippen LogP contribution is -2.58. The number of hydrogen-bond donors (Lipinski definition) is 2. The Balaban J connectivity index is 2.38. The number of carbonyl (C=O) groups excluding carboxylic acids is 1. The highest BCUT2D eigenvalue weighted by Gasteiger charge is 2.29. The molecule has 0 aromatic rings. The number of piperazine rings is 1. The van der Waals surface area contributed by atoms with Crippen LogP contribution in [0.3, 0.4) is 0 Å². The summed E-state index contributed by atoms with van der Waals surface area (Å²) in [4.78, 5) is 16.7. The van der Waals surface area contributed by atoms with Crippen molar-refractivity contribution >= 4 is 5.91 Å². The van der Waals surface area contributed by atoms with E-state index in [0.29, 0.717) is 13.1 Å². The van der Waals surface area contributed by atoms with Gasteiger partial charge in [0, 0.05) is 43.8 Å². The van der Waals surface area contributed by atoms with Gasteiger partial charge in [-0.15, -0.1) is 0 Å². The summed E-state index contributed by atoms with van der Waals surface area (Å²) in [5.74, 6) is 0.128. The standard InChI is InChI=1S/C15H32N4O/c1-6-14(2,3)17-13(20)11-18-7-9-19(10-8-18)15(4,5)12-16/h6-12,16H2,1-5H3,(H,17,20). The molecular weight excluding hydrogens is 252 g/mol. The van der Waals surface area contributed by atoms with Crippen LogP contribution in [-0.4, -0.2) is 66.1 Å². The lowest BCUT2D eigenvalue weighted by Gasteiger charge is -2.43. The van der Waals surface area contributed by atoms with Crippen LogP contribution in [0, 0.1) is 0 Å². The molecule has 0 saturated carbocycles. The lowest BCUT2D eigenvalue weighted by atomic mass is 10.0. The number of hydrogen-bond acceptors (Lipinski definition) is 4. The average molecular weight is 284 g/mol. The molecule has 0 bridgehead atoms. The quantitative estimate of drug-likeness (QED) is 0.752. The second kappa shape index (κ2) is 6.87. The van der Waals surface area contributed by atoms with Crippen molar-refractivity contribution in [2.45, 2.75) is 52.1 Å². The predicted molar refractivity (Wildman–Crippen MR) is 83.7 cm³/mol. The van der Waals surface area contributed by atoms with Crippen LogP contribution < -0.4 is 11.1 Å². The summed E-state index contributed by atoms with van der Waals surface area (Å²) in [6.07, 6.45) is 0.942. The van der Waals surface area contributed by atoms with Gasteiger partial charge in [-0.1, -0.05) is 6.92 Å². The molecule has 1 aliphatic heterocycles. The third kappa shape index (κ3) is 5.04. The van der Waals surface area contributed by atoms with Crippen LogP contribution in [0.5, 0.6) is 0 Å². The minimum absolute atomic E-state index is 0.0541. The van der Waals surface area contributed by atoms with Crippen molar-refractivity contribution in [2.24, 2.45) is 5.73 Å². The maximum absolute atomic E-state index is 12.0. The zero-order valence-electron chi connectivity index (χ0n) is 13.8. The largest absolute Gasteiger partial charge is 0.350 e. The Kier molecular flexibility index (Phi) is 5.98. The molecule has 1 aliphatic rings. The number of nitrogens with zero attached hydrogens (tertiary/aromatic N) is 2. The summed E-state index contributed by atoms with van der Waals surface area (Å²) in [6.45, 7) is 15.6. The summed E-state index contributed by atoms with van der Waals surface area (Å²) < 4.78 is 0. The van der Waals surface area contributed by atoms with Crippen molar-refractivity contribution in [1.29, 1.82) is 0 Å². The normalized spacial score (nSPS) is 19.1. The molecular formula is C15H32N4O. The molecule has 0 unspecified atom stereocenters. The molecule has 20 heavy (non-hydrogen) atoms. The van der Waals surface area contributed by atoms with Crippen molar-refractivity contribution in [3.05, 3.63) is 0 Å². The second-order valence-corrected chi connectivity index (χ2v) is 7.07. The van der Waals surface area contributed by atoms with E-state index in [-0.39, 0.29) is 17.0 Å². The molecule has 1 heterocycles. The van der Waals surface area contributed by atoms with Crippen molar-refractivity contribution in [3.63, 3.8) is 0 Å². The van der Waals surface area contributed by atoms with Crippen LogP contribution in [0.2, 0.25) is 0 Å². The van der Waals surface area contributed by atoms with E-state index in [2.05, 4.69) is 49.7 Å². The summed E-state index contributed by atoms with van der Waals surface area (Å²) in [6, 6.07) is 0. The first-order chi connectivity index (χ1) is 9.20. The van der Waals surface area contributed by atoms with Crippen LogP contribution in [0.1, 0.15) is 41.0 Å². The summed E-state index contributed by atoms with van der Waals surface area (Å²) in [5, 5.41) is 3.09. The van der Waals surface area contributed by atoms with E-state index in [1.807, 2.05) is 0 Å².